The third-order valence-electron chi connectivity index (χ3n) is 4.83. The van der Waals surface area contributed by atoms with Gasteiger partial charge in [-0.25, -0.2) is 4.98 Å². The summed E-state index contributed by atoms with van der Waals surface area (Å²) in [5.74, 6) is 0.699. The Morgan fingerprint density at radius 1 is 1.38 bits per heavy atom. The normalized spacial score (nSPS) is 18.7. The summed E-state index contributed by atoms with van der Waals surface area (Å²) in [5.41, 5.74) is 1.82. The van der Waals surface area contributed by atoms with Gasteiger partial charge in [0.2, 0.25) is 0 Å². The molecule has 0 aromatic carbocycles. The Morgan fingerprint density at radius 3 is 2.76 bits per heavy atom. The van der Waals surface area contributed by atoms with E-state index in [1.165, 1.54) is 43.1 Å². The zero-order valence-electron chi connectivity index (χ0n) is 14.1. The van der Waals surface area contributed by atoms with Gasteiger partial charge in [-0.15, -0.1) is 11.3 Å². The summed E-state index contributed by atoms with van der Waals surface area (Å²) in [6.07, 6.45) is 3.97. The standard InChI is InChI=1S/C17H31N3S/c1-5-17(6-2)7-8-20(13-17)11-15-12-21-16(19-15)10-18-9-14(3)4/h12,14,18H,5-11,13H2,1-4H3. The molecule has 0 unspecified atom stereocenters. The second kappa shape index (κ2) is 7.70. The van der Waals surface area contributed by atoms with Crippen LogP contribution in [0.15, 0.2) is 5.38 Å². The van der Waals surface area contributed by atoms with Crippen molar-refractivity contribution >= 4 is 11.3 Å². The van der Waals surface area contributed by atoms with Gasteiger partial charge in [0.05, 0.1) is 5.69 Å². The first kappa shape index (κ1) is 16.9. The fraction of sp³-hybridized carbons (Fsp3) is 0.824. The van der Waals surface area contributed by atoms with Crippen LogP contribution in [0, 0.1) is 11.3 Å². The maximum atomic E-state index is 4.78. The van der Waals surface area contributed by atoms with Crippen molar-refractivity contribution in [2.45, 2.75) is 60.0 Å². The van der Waals surface area contributed by atoms with Crippen LogP contribution in [0.1, 0.15) is 57.7 Å². The number of aromatic nitrogens is 1. The summed E-state index contributed by atoms with van der Waals surface area (Å²) in [7, 11) is 0. The summed E-state index contributed by atoms with van der Waals surface area (Å²) >= 11 is 1.80. The van der Waals surface area contributed by atoms with E-state index < -0.39 is 0 Å². The zero-order chi connectivity index (χ0) is 15.3. The molecule has 1 aromatic heterocycles. The van der Waals surface area contributed by atoms with E-state index >= 15 is 0 Å². The van der Waals surface area contributed by atoms with Crippen molar-refractivity contribution in [3.05, 3.63) is 16.1 Å². The monoisotopic (exact) mass is 309 g/mol. The Balaban J connectivity index is 1.80. The molecule has 4 heteroatoms. The van der Waals surface area contributed by atoms with E-state index in [0.717, 1.165) is 19.6 Å². The van der Waals surface area contributed by atoms with Crippen molar-refractivity contribution in [3.8, 4) is 0 Å². The minimum atomic E-state index is 0.567. The summed E-state index contributed by atoms with van der Waals surface area (Å²) in [6.45, 7) is 14.7. The van der Waals surface area contributed by atoms with Crippen LogP contribution in [-0.2, 0) is 13.1 Å². The number of nitrogens with one attached hydrogen (secondary N) is 1. The molecule has 21 heavy (non-hydrogen) atoms. The largest absolute Gasteiger partial charge is 0.310 e. The predicted octanol–water partition coefficient (Wildman–Crippen LogP) is 3.90. The number of rotatable bonds is 8. The van der Waals surface area contributed by atoms with Crippen molar-refractivity contribution in [1.82, 2.24) is 15.2 Å². The molecule has 0 saturated carbocycles. The van der Waals surface area contributed by atoms with E-state index in [4.69, 9.17) is 4.98 Å². The van der Waals surface area contributed by atoms with Gasteiger partial charge in [-0.3, -0.25) is 4.90 Å². The molecule has 3 nitrogen and oxygen atoms in total. The van der Waals surface area contributed by atoms with E-state index in [-0.39, 0.29) is 0 Å². The van der Waals surface area contributed by atoms with E-state index in [2.05, 4.69) is 43.3 Å². The first-order valence-corrected chi connectivity index (χ1v) is 9.31. The highest BCUT2D eigenvalue weighted by atomic mass is 32.1. The molecule has 0 atom stereocenters. The Bertz CT molecular complexity index is 423. The molecule has 1 aliphatic heterocycles. The predicted molar refractivity (Wildman–Crippen MR) is 91.6 cm³/mol. The molecule has 120 valence electrons. The van der Waals surface area contributed by atoms with Gasteiger partial charge in [-0.2, -0.15) is 0 Å². The molecule has 1 aromatic rings. The number of thiazole rings is 1. The van der Waals surface area contributed by atoms with Gasteiger partial charge in [-0.05, 0) is 43.7 Å². The van der Waals surface area contributed by atoms with Gasteiger partial charge in [0, 0.05) is 25.0 Å². The van der Waals surface area contributed by atoms with Gasteiger partial charge in [0.15, 0.2) is 0 Å². The quantitative estimate of drug-likeness (QED) is 0.789. The lowest BCUT2D eigenvalue weighted by atomic mass is 9.82. The third-order valence-corrected chi connectivity index (χ3v) is 5.73. The molecular weight excluding hydrogens is 278 g/mol. The molecule has 1 N–H and O–H groups in total. The number of hydrogen-bond acceptors (Lipinski definition) is 4. The van der Waals surface area contributed by atoms with Gasteiger partial charge < -0.3 is 5.32 Å². The number of hydrogen-bond donors (Lipinski definition) is 1. The average Bonchev–Trinajstić information content (AvgIpc) is 3.07. The second-order valence-electron chi connectivity index (χ2n) is 6.93. The minimum Gasteiger partial charge on any atom is -0.310 e. The molecule has 0 bridgehead atoms. The fourth-order valence-corrected chi connectivity index (χ4v) is 3.94. The van der Waals surface area contributed by atoms with Crippen LogP contribution in [0.25, 0.3) is 0 Å². The highest BCUT2D eigenvalue weighted by Gasteiger charge is 2.34. The van der Waals surface area contributed by atoms with Crippen molar-refractivity contribution < 1.29 is 0 Å². The molecule has 1 aliphatic rings. The molecule has 0 radical (unpaired) electrons. The molecule has 2 heterocycles. The van der Waals surface area contributed by atoms with Crippen molar-refractivity contribution in [2.24, 2.45) is 11.3 Å². The van der Waals surface area contributed by atoms with Gasteiger partial charge in [-0.1, -0.05) is 27.7 Å². The molecule has 2 rings (SSSR count). The first-order chi connectivity index (χ1) is 10.1. The van der Waals surface area contributed by atoms with E-state index in [1.807, 2.05) is 0 Å². The van der Waals surface area contributed by atoms with Crippen LogP contribution < -0.4 is 5.32 Å². The highest BCUT2D eigenvalue weighted by molar-refractivity contribution is 7.09. The summed E-state index contributed by atoms with van der Waals surface area (Å²) in [4.78, 5) is 7.38. The minimum absolute atomic E-state index is 0.567. The Morgan fingerprint density at radius 2 is 2.14 bits per heavy atom. The van der Waals surface area contributed by atoms with Crippen LogP contribution in [0.2, 0.25) is 0 Å². The van der Waals surface area contributed by atoms with Crippen LogP contribution in [-0.4, -0.2) is 29.5 Å². The molecular formula is C17H31N3S. The first-order valence-electron chi connectivity index (χ1n) is 8.43. The second-order valence-corrected chi connectivity index (χ2v) is 7.87. The Labute approximate surface area is 134 Å². The van der Waals surface area contributed by atoms with Crippen molar-refractivity contribution in [2.75, 3.05) is 19.6 Å². The van der Waals surface area contributed by atoms with Crippen LogP contribution in [0.3, 0.4) is 0 Å². The highest BCUT2D eigenvalue weighted by Crippen LogP contribution is 2.37. The van der Waals surface area contributed by atoms with Crippen LogP contribution in [0.5, 0.6) is 0 Å². The average molecular weight is 310 g/mol. The maximum absolute atomic E-state index is 4.78. The maximum Gasteiger partial charge on any atom is 0.107 e. The van der Waals surface area contributed by atoms with Gasteiger partial charge in [0.1, 0.15) is 5.01 Å². The lowest BCUT2D eigenvalue weighted by Gasteiger charge is -2.26. The summed E-state index contributed by atoms with van der Waals surface area (Å²) < 4.78 is 0. The van der Waals surface area contributed by atoms with E-state index in [0.29, 0.717) is 11.3 Å². The zero-order valence-corrected chi connectivity index (χ0v) is 14.9. The summed E-state index contributed by atoms with van der Waals surface area (Å²) in [5, 5.41) is 6.94. The summed E-state index contributed by atoms with van der Waals surface area (Å²) in [6, 6.07) is 0. The van der Waals surface area contributed by atoms with Gasteiger partial charge in [0.25, 0.3) is 0 Å². The SMILES string of the molecule is CCC1(CC)CCN(Cc2csc(CNCC(C)C)n2)C1. The van der Waals surface area contributed by atoms with Crippen molar-refractivity contribution in [3.63, 3.8) is 0 Å². The smallest absolute Gasteiger partial charge is 0.107 e. The molecule has 1 saturated heterocycles. The molecule has 0 amide bonds. The molecule has 1 fully saturated rings. The third kappa shape index (κ3) is 4.76. The number of likely N-dealkylation sites (tertiary alicyclic amines) is 1. The van der Waals surface area contributed by atoms with E-state index in [9.17, 15) is 0 Å². The van der Waals surface area contributed by atoms with Crippen molar-refractivity contribution in [1.29, 1.82) is 0 Å². The lowest BCUT2D eigenvalue weighted by Crippen LogP contribution is -2.26. The van der Waals surface area contributed by atoms with Crippen LogP contribution >= 0.6 is 11.3 Å². The topological polar surface area (TPSA) is 28.2 Å². The van der Waals surface area contributed by atoms with Gasteiger partial charge >= 0.3 is 0 Å². The lowest BCUT2D eigenvalue weighted by molar-refractivity contribution is 0.235. The Hall–Kier alpha value is -0.450. The molecule has 0 aliphatic carbocycles. The van der Waals surface area contributed by atoms with Crippen LogP contribution in [0.4, 0.5) is 0 Å². The number of nitrogens with zero attached hydrogens (tertiary/aromatic N) is 2. The fourth-order valence-electron chi connectivity index (χ4n) is 3.19. The molecule has 0 spiro atoms. The Kier molecular flexibility index (Phi) is 6.20. The van der Waals surface area contributed by atoms with E-state index in [1.54, 1.807) is 11.3 Å².